The summed E-state index contributed by atoms with van der Waals surface area (Å²) < 4.78 is 63.2. The number of benzene rings is 5. The molecule has 0 bridgehead atoms. The summed E-state index contributed by atoms with van der Waals surface area (Å²) in [6, 6.07) is 38.0. The summed E-state index contributed by atoms with van der Waals surface area (Å²) in [5.74, 6) is 0.763. The summed E-state index contributed by atoms with van der Waals surface area (Å²) in [5, 5.41) is 4.03. The van der Waals surface area contributed by atoms with Crippen LogP contribution in [0.1, 0.15) is 35.2 Å². The first-order chi connectivity index (χ1) is 29.1. The summed E-state index contributed by atoms with van der Waals surface area (Å²) in [5.41, 5.74) is 0.388. The normalized spacial score (nSPS) is 16.3. The lowest BCUT2D eigenvalue weighted by atomic mass is 9.87. The van der Waals surface area contributed by atoms with Crippen molar-refractivity contribution in [3.8, 4) is 11.1 Å². The SMILES string of the molecule is O=C(NSc1ccc(NC(CCN2CCOCC2)CSc2ccccc2)c(S(=O)C(F)(F)F)c1)c1ccc(N2CCC(Cc3ccccc3-c3ccc(Cl)cc3)CC2)cc1. The fourth-order valence-electron chi connectivity index (χ4n) is 7.56. The van der Waals surface area contributed by atoms with Crippen molar-refractivity contribution in [3.05, 3.63) is 137 Å². The second-order valence-corrected chi connectivity index (χ2v) is 18.8. The third kappa shape index (κ3) is 12.3. The topological polar surface area (TPSA) is 73.9 Å². The van der Waals surface area contributed by atoms with E-state index >= 15 is 0 Å². The Morgan fingerprint density at radius 2 is 1.55 bits per heavy atom. The molecular weight excluding hydrogens is 845 g/mol. The molecular formula is C46H48ClF3N4O3S3. The van der Waals surface area contributed by atoms with Gasteiger partial charge in [-0.05, 0) is 127 Å². The first-order valence-electron chi connectivity index (χ1n) is 20.1. The van der Waals surface area contributed by atoms with Crippen LogP contribution in [0.2, 0.25) is 5.02 Å². The summed E-state index contributed by atoms with van der Waals surface area (Å²) in [4.78, 5) is 18.9. The minimum absolute atomic E-state index is 0.157. The van der Waals surface area contributed by atoms with E-state index in [2.05, 4.69) is 56.2 Å². The maximum atomic E-state index is 14.0. The highest BCUT2D eigenvalue weighted by molar-refractivity contribution is 7.99. The minimum Gasteiger partial charge on any atom is -0.380 e. The zero-order chi connectivity index (χ0) is 41.9. The molecule has 7 nitrogen and oxygen atoms in total. The van der Waals surface area contributed by atoms with Crippen LogP contribution < -0.4 is 14.9 Å². The van der Waals surface area contributed by atoms with Crippen LogP contribution in [0.25, 0.3) is 11.1 Å². The number of anilines is 2. The number of alkyl halides is 3. The number of carbonyl (C=O) groups excluding carboxylic acids is 1. The molecule has 5 aromatic rings. The number of hydrogen-bond donors (Lipinski definition) is 2. The fraction of sp³-hybridized carbons (Fsp3) is 0.326. The molecule has 0 radical (unpaired) electrons. The third-order valence-corrected chi connectivity index (χ3v) is 14.2. The molecule has 0 saturated carbocycles. The van der Waals surface area contributed by atoms with Gasteiger partial charge in [0.05, 0.1) is 23.8 Å². The average Bonchev–Trinajstić information content (AvgIpc) is 3.27. The van der Waals surface area contributed by atoms with E-state index in [4.69, 9.17) is 16.3 Å². The van der Waals surface area contributed by atoms with Crippen molar-refractivity contribution in [1.82, 2.24) is 9.62 Å². The number of nitrogens with one attached hydrogen (secondary N) is 2. The number of ether oxygens (including phenoxy) is 1. The highest BCUT2D eigenvalue weighted by Gasteiger charge is 2.39. The van der Waals surface area contributed by atoms with Crippen LogP contribution in [-0.4, -0.2) is 78.3 Å². The number of rotatable bonds is 16. The molecule has 2 aliphatic heterocycles. The standard InChI is InChI=1S/C46H48ClF3N4O3S3/c47-37-14-10-34(11-15-37)42-9-5-4-6-36(42)30-33-20-24-54(25-21-33)39-16-12-35(13-17-39)45(55)52-59-41-18-19-43(44(31-41)60(56)46(48,49)50)51-38(22-23-53-26-28-57-29-27-53)32-58-40-7-2-1-3-8-40/h1-19,31,33,38,51H,20-30,32H2,(H,52,55). The van der Waals surface area contributed by atoms with E-state index in [1.165, 1.54) is 23.3 Å². The van der Waals surface area contributed by atoms with E-state index in [0.717, 1.165) is 85.1 Å². The van der Waals surface area contributed by atoms with Gasteiger partial charge in [0.15, 0.2) is 10.8 Å². The molecule has 2 N–H and O–H groups in total. The van der Waals surface area contributed by atoms with Gasteiger partial charge in [0.1, 0.15) is 0 Å². The molecule has 7 rings (SSSR count). The van der Waals surface area contributed by atoms with Gasteiger partial charge in [0.25, 0.3) is 5.91 Å². The zero-order valence-corrected chi connectivity index (χ0v) is 36.2. The van der Waals surface area contributed by atoms with Crippen molar-refractivity contribution in [2.24, 2.45) is 5.92 Å². The van der Waals surface area contributed by atoms with E-state index in [9.17, 15) is 22.2 Å². The number of amides is 1. The predicted molar refractivity (Wildman–Crippen MR) is 241 cm³/mol. The van der Waals surface area contributed by atoms with Gasteiger partial charge in [-0.3, -0.25) is 14.4 Å². The van der Waals surface area contributed by atoms with Crippen molar-refractivity contribution in [2.75, 3.05) is 61.9 Å². The van der Waals surface area contributed by atoms with E-state index in [1.807, 2.05) is 54.6 Å². The average molecular weight is 894 g/mol. The molecule has 0 spiro atoms. The van der Waals surface area contributed by atoms with Gasteiger partial charge in [-0.1, -0.05) is 66.2 Å². The summed E-state index contributed by atoms with van der Waals surface area (Å²) in [6.45, 7) is 5.45. The highest BCUT2D eigenvalue weighted by atomic mass is 35.5. The van der Waals surface area contributed by atoms with E-state index in [0.29, 0.717) is 41.8 Å². The lowest BCUT2D eigenvalue weighted by molar-refractivity contribution is -0.0384. The first-order valence-corrected chi connectivity index (χ1v) is 23.5. The molecule has 1 amide bonds. The quantitative estimate of drug-likeness (QED) is 0.0750. The molecule has 0 aliphatic carbocycles. The van der Waals surface area contributed by atoms with Crippen molar-refractivity contribution >= 4 is 63.4 Å². The predicted octanol–water partition coefficient (Wildman–Crippen LogP) is 10.8. The monoisotopic (exact) mass is 892 g/mol. The van der Waals surface area contributed by atoms with Crippen LogP contribution in [0.3, 0.4) is 0 Å². The van der Waals surface area contributed by atoms with Crippen molar-refractivity contribution in [2.45, 2.75) is 51.9 Å². The Bertz CT molecular complexity index is 2190. The number of thioether (sulfide) groups is 1. The molecule has 14 heteroatoms. The minimum atomic E-state index is -4.97. The van der Waals surface area contributed by atoms with Crippen molar-refractivity contribution in [1.29, 1.82) is 0 Å². The number of morpholine rings is 1. The summed E-state index contributed by atoms with van der Waals surface area (Å²) >= 11 is 8.64. The lowest BCUT2D eigenvalue weighted by Gasteiger charge is -2.34. The van der Waals surface area contributed by atoms with Gasteiger partial charge in [-0.15, -0.1) is 11.8 Å². The van der Waals surface area contributed by atoms with Gasteiger partial charge in [-0.25, -0.2) is 4.21 Å². The Balaban J connectivity index is 0.953. The Labute approximate surface area is 366 Å². The maximum absolute atomic E-state index is 14.0. The number of nitrogens with zero attached hydrogens (tertiary/aromatic N) is 2. The second-order valence-electron chi connectivity index (χ2n) is 15.0. The number of carbonyl (C=O) groups is 1. The smallest absolute Gasteiger partial charge is 0.380 e. The largest absolute Gasteiger partial charge is 0.475 e. The van der Waals surface area contributed by atoms with Crippen molar-refractivity contribution in [3.63, 3.8) is 0 Å². The van der Waals surface area contributed by atoms with Crippen molar-refractivity contribution < 1.29 is 26.9 Å². The van der Waals surface area contributed by atoms with Crippen LogP contribution >= 0.6 is 35.3 Å². The molecule has 5 aromatic carbocycles. The molecule has 2 unspecified atom stereocenters. The third-order valence-electron chi connectivity index (χ3n) is 10.9. The van der Waals surface area contributed by atoms with Crippen LogP contribution in [0.5, 0.6) is 0 Å². The maximum Gasteiger partial charge on any atom is 0.475 e. The Morgan fingerprint density at radius 1 is 0.850 bits per heavy atom. The van der Waals surface area contributed by atoms with Crippen LogP contribution in [-0.2, 0) is 22.0 Å². The van der Waals surface area contributed by atoms with Crippen LogP contribution in [0, 0.1) is 5.92 Å². The fourth-order valence-corrected chi connectivity index (χ4v) is 10.2. The summed E-state index contributed by atoms with van der Waals surface area (Å²) in [6.07, 6.45) is 3.76. The van der Waals surface area contributed by atoms with E-state index in [1.54, 1.807) is 30.0 Å². The molecule has 60 heavy (non-hydrogen) atoms. The molecule has 2 aliphatic rings. The second kappa shape index (κ2) is 21.2. The molecule has 2 fully saturated rings. The number of hydrogen-bond acceptors (Lipinski definition) is 8. The summed E-state index contributed by atoms with van der Waals surface area (Å²) in [7, 11) is -3.30. The zero-order valence-electron chi connectivity index (χ0n) is 33.0. The Kier molecular flexibility index (Phi) is 15.6. The molecule has 2 heterocycles. The first kappa shape index (κ1) is 44.1. The highest BCUT2D eigenvalue weighted by Crippen LogP contribution is 2.35. The van der Waals surface area contributed by atoms with Gasteiger partial charge in [0, 0.05) is 70.6 Å². The lowest BCUT2D eigenvalue weighted by Crippen LogP contribution is -2.39. The molecule has 0 aromatic heterocycles. The van der Waals surface area contributed by atoms with Crippen LogP contribution in [0.15, 0.2) is 136 Å². The number of halogens is 4. The van der Waals surface area contributed by atoms with Gasteiger partial charge < -0.3 is 15.0 Å². The van der Waals surface area contributed by atoms with Gasteiger partial charge >= 0.3 is 5.51 Å². The van der Waals surface area contributed by atoms with E-state index < -0.39 is 16.3 Å². The Morgan fingerprint density at radius 3 is 2.27 bits per heavy atom. The molecule has 316 valence electrons. The Hall–Kier alpha value is -3.98. The van der Waals surface area contributed by atoms with Crippen LogP contribution in [0.4, 0.5) is 24.5 Å². The van der Waals surface area contributed by atoms with E-state index in [-0.39, 0.29) is 22.5 Å². The molecule has 2 saturated heterocycles. The van der Waals surface area contributed by atoms with Gasteiger partial charge in [0.2, 0.25) is 0 Å². The number of piperidine rings is 1. The molecule has 2 atom stereocenters. The van der Waals surface area contributed by atoms with Gasteiger partial charge in [-0.2, -0.15) is 13.2 Å².